The molecular weight excluding hydrogens is 498 g/mol. The van der Waals surface area contributed by atoms with Crippen molar-refractivity contribution in [2.24, 2.45) is 5.73 Å². The lowest BCUT2D eigenvalue weighted by Crippen LogP contribution is -2.52. The molecule has 1 saturated heterocycles. The number of carbonyl (C=O) groups is 2. The van der Waals surface area contributed by atoms with E-state index in [4.69, 9.17) is 17.3 Å². The maximum Gasteiger partial charge on any atom is 0.222 e. The highest BCUT2D eigenvalue weighted by Gasteiger charge is 2.35. The molecule has 0 saturated carbocycles. The number of rotatable bonds is 9. The molecule has 0 spiro atoms. The highest BCUT2D eigenvalue weighted by atomic mass is 35.5. The fourth-order valence-corrected chi connectivity index (χ4v) is 5.23. The molecule has 4 aromatic rings. The third kappa shape index (κ3) is 5.91. The Bertz CT molecular complexity index is 1380. The maximum absolute atomic E-state index is 13.9. The summed E-state index contributed by atoms with van der Waals surface area (Å²) >= 11 is 5.94. The minimum atomic E-state index is -0.925. The number of piperazine rings is 1. The van der Waals surface area contributed by atoms with Gasteiger partial charge in [0.1, 0.15) is 0 Å². The number of fused-ring (bicyclic) bond motifs is 1. The largest absolute Gasteiger partial charge is 0.369 e. The van der Waals surface area contributed by atoms with E-state index in [1.807, 2.05) is 60.8 Å². The molecule has 4 N–H and O–H groups in total. The molecule has 3 aromatic carbocycles. The Kier molecular flexibility index (Phi) is 8.08. The van der Waals surface area contributed by atoms with E-state index in [1.54, 1.807) is 12.1 Å². The fourth-order valence-electron chi connectivity index (χ4n) is 5.11. The van der Waals surface area contributed by atoms with Gasteiger partial charge in [-0.05, 0) is 35.9 Å². The van der Waals surface area contributed by atoms with E-state index in [0.29, 0.717) is 24.7 Å². The first-order valence-corrected chi connectivity index (χ1v) is 13.3. The molecule has 0 bridgehead atoms. The first kappa shape index (κ1) is 26.0. The molecule has 2 unspecified atom stereocenters. The number of nitrogens with zero attached hydrogens (tertiary/aromatic N) is 2. The van der Waals surface area contributed by atoms with E-state index < -0.39 is 12.1 Å². The van der Waals surface area contributed by atoms with Crippen molar-refractivity contribution in [1.82, 2.24) is 15.2 Å². The molecule has 1 amide bonds. The van der Waals surface area contributed by atoms with Gasteiger partial charge >= 0.3 is 0 Å². The number of H-pyrrole nitrogens is 1. The molecule has 38 heavy (non-hydrogen) atoms. The Labute approximate surface area is 227 Å². The smallest absolute Gasteiger partial charge is 0.222 e. The predicted octanol–water partition coefficient (Wildman–Crippen LogP) is 4.29. The lowest BCUT2D eigenvalue weighted by molar-refractivity contribution is -0.130. The van der Waals surface area contributed by atoms with Crippen LogP contribution in [0.25, 0.3) is 10.9 Å². The van der Waals surface area contributed by atoms with Crippen LogP contribution in [0, 0.1) is 0 Å². The third-order valence-corrected chi connectivity index (χ3v) is 7.41. The normalized spacial score (nSPS) is 15.8. The third-order valence-electron chi connectivity index (χ3n) is 7.16. The SMILES string of the molecule is NC(CC(=O)NCc1ccc(Cl)cc1)C(=O)C(c1c[nH]c2ccccc12)N1CCN(c2ccccc2)CC1. The second kappa shape index (κ2) is 11.8. The molecule has 2 heterocycles. The molecule has 196 valence electrons. The molecule has 1 fully saturated rings. The van der Waals surface area contributed by atoms with Crippen LogP contribution < -0.4 is 16.0 Å². The van der Waals surface area contributed by atoms with E-state index in [1.165, 1.54) is 5.69 Å². The number of para-hydroxylation sites is 2. The van der Waals surface area contributed by atoms with Crippen molar-refractivity contribution in [2.75, 3.05) is 31.1 Å². The fraction of sp³-hybridized carbons (Fsp3) is 0.267. The van der Waals surface area contributed by atoms with Crippen LogP contribution in [-0.2, 0) is 16.1 Å². The molecule has 1 aliphatic rings. The highest BCUT2D eigenvalue weighted by Crippen LogP contribution is 2.31. The molecule has 5 rings (SSSR count). The number of hydrogen-bond acceptors (Lipinski definition) is 5. The Morgan fingerprint density at radius 1 is 0.921 bits per heavy atom. The summed E-state index contributed by atoms with van der Waals surface area (Å²) in [4.78, 5) is 34.4. The van der Waals surface area contributed by atoms with Crippen LogP contribution in [-0.4, -0.2) is 53.8 Å². The monoisotopic (exact) mass is 529 g/mol. The topological polar surface area (TPSA) is 94.5 Å². The highest BCUT2D eigenvalue weighted by molar-refractivity contribution is 6.30. The number of anilines is 1. The van der Waals surface area contributed by atoms with Gasteiger partial charge in [-0.1, -0.05) is 60.1 Å². The number of aromatic nitrogens is 1. The summed E-state index contributed by atoms with van der Waals surface area (Å²) in [7, 11) is 0. The number of carbonyl (C=O) groups excluding carboxylic acids is 2. The second-order valence-corrected chi connectivity index (χ2v) is 10.1. The quantitative estimate of drug-likeness (QED) is 0.301. The molecule has 0 radical (unpaired) electrons. The zero-order chi connectivity index (χ0) is 26.5. The number of aromatic amines is 1. The van der Waals surface area contributed by atoms with Crippen LogP contribution in [0.15, 0.2) is 85.1 Å². The van der Waals surface area contributed by atoms with Gasteiger partial charge in [-0.3, -0.25) is 14.5 Å². The van der Waals surface area contributed by atoms with Gasteiger partial charge in [0.05, 0.1) is 12.1 Å². The van der Waals surface area contributed by atoms with Gasteiger partial charge in [0.2, 0.25) is 5.91 Å². The van der Waals surface area contributed by atoms with Crippen molar-refractivity contribution >= 4 is 39.9 Å². The minimum absolute atomic E-state index is 0.0741. The molecule has 0 aliphatic carbocycles. The van der Waals surface area contributed by atoms with Crippen molar-refractivity contribution in [2.45, 2.75) is 25.0 Å². The molecule has 7 nitrogen and oxygen atoms in total. The number of hydrogen-bond donors (Lipinski definition) is 3. The number of benzene rings is 3. The molecular formula is C30H32ClN5O2. The van der Waals surface area contributed by atoms with Gasteiger partial charge in [0.25, 0.3) is 0 Å². The lowest BCUT2D eigenvalue weighted by atomic mass is 9.93. The van der Waals surface area contributed by atoms with Crippen LogP contribution >= 0.6 is 11.6 Å². The van der Waals surface area contributed by atoms with Crippen molar-refractivity contribution in [3.05, 3.63) is 101 Å². The molecule has 1 aliphatic heterocycles. The summed E-state index contributed by atoms with van der Waals surface area (Å²) in [6.45, 7) is 3.37. The van der Waals surface area contributed by atoms with Crippen LogP contribution in [0.5, 0.6) is 0 Å². The second-order valence-electron chi connectivity index (χ2n) is 9.67. The van der Waals surface area contributed by atoms with Crippen molar-refractivity contribution in [1.29, 1.82) is 0 Å². The first-order chi connectivity index (χ1) is 18.5. The van der Waals surface area contributed by atoms with Gasteiger partial charge in [0, 0.05) is 72.5 Å². The minimum Gasteiger partial charge on any atom is -0.369 e. The summed E-state index contributed by atoms with van der Waals surface area (Å²) in [5.74, 6) is -0.406. The molecule has 1 aromatic heterocycles. The van der Waals surface area contributed by atoms with E-state index in [0.717, 1.165) is 35.1 Å². The predicted molar refractivity (Wildman–Crippen MR) is 152 cm³/mol. The Balaban J connectivity index is 1.30. The number of Topliss-reactive ketones (excluding diaryl/α,β-unsaturated/α-hetero) is 1. The number of nitrogens with one attached hydrogen (secondary N) is 2. The number of ketones is 1. The number of nitrogens with two attached hydrogens (primary N) is 1. The average Bonchev–Trinajstić information content (AvgIpc) is 3.37. The summed E-state index contributed by atoms with van der Waals surface area (Å²) in [5.41, 5.74) is 10.4. The van der Waals surface area contributed by atoms with E-state index in [2.05, 4.69) is 32.2 Å². The Morgan fingerprint density at radius 2 is 1.61 bits per heavy atom. The summed E-state index contributed by atoms with van der Waals surface area (Å²) in [5, 5.41) is 4.51. The first-order valence-electron chi connectivity index (χ1n) is 12.9. The zero-order valence-electron chi connectivity index (χ0n) is 21.1. The van der Waals surface area contributed by atoms with E-state index in [-0.39, 0.29) is 18.1 Å². The summed E-state index contributed by atoms with van der Waals surface area (Å²) < 4.78 is 0. The van der Waals surface area contributed by atoms with Gasteiger partial charge in [-0.25, -0.2) is 0 Å². The van der Waals surface area contributed by atoms with Crippen molar-refractivity contribution in [3.8, 4) is 0 Å². The Morgan fingerprint density at radius 3 is 2.34 bits per heavy atom. The summed E-state index contributed by atoms with van der Waals surface area (Å²) in [6.07, 6.45) is 1.83. The van der Waals surface area contributed by atoms with E-state index in [9.17, 15) is 9.59 Å². The van der Waals surface area contributed by atoms with Crippen LogP contribution in [0.2, 0.25) is 5.02 Å². The van der Waals surface area contributed by atoms with Crippen LogP contribution in [0.1, 0.15) is 23.6 Å². The zero-order valence-corrected chi connectivity index (χ0v) is 21.9. The van der Waals surface area contributed by atoms with Crippen molar-refractivity contribution < 1.29 is 9.59 Å². The van der Waals surface area contributed by atoms with Gasteiger partial charge in [-0.15, -0.1) is 0 Å². The van der Waals surface area contributed by atoms with Gasteiger partial charge in [-0.2, -0.15) is 0 Å². The lowest BCUT2D eigenvalue weighted by Gasteiger charge is -2.40. The maximum atomic E-state index is 13.9. The van der Waals surface area contributed by atoms with Crippen molar-refractivity contribution in [3.63, 3.8) is 0 Å². The van der Waals surface area contributed by atoms with E-state index >= 15 is 0 Å². The molecule has 8 heteroatoms. The van der Waals surface area contributed by atoms with Gasteiger partial charge in [0.15, 0.2) is 5.78 Å². The molecule has 2 atom stereocenters. The van der Waals surface area contributed by atoms with Gasteiger partial charge < -0.3 is 20.9 Å². The Hall–Kier alpha value is -3.65. The standard InChI is InChI=1S/C30H32ClN5O2/c31-22-12-10-21(11-13-22)19-34-28(37)18-26(32)30(38)29(25-20-33-27-9-5-4-8-24(25)27)36-16-14-35(15-17-36)23-6-2-1-3-7-23/h1-13,20,26,29,33H,14-19,32H2,(H,34,37). The average molecular weight is 530 g/mol. The summed E-state index contributed by atoms with van der Waals surface area (Å²) in [6, 6.07) is 24.1. The number of amides is 1. The van der Waals surface area contributed by atoms with Crippen LogP contribution in [0.4, 0.5) is 5.69 Å². The van der Waals surface area contributed by atoms with Crippen LogP contribution in [0.3, 0.4) is 0 Å². The number of halogens is 1.